The summed E-state index contributed by atoms with van der Waals surface area (Å²) in [5.74, 6) is 0.909. The first-order valence-corrected chi connectivity index (χ1v) is 8.38. The van der Waals surface area contributed by atoms with Gasteiger partial charge < -0.3 is 20.5 Å². The van der Waals surface area contributed by atoms with E-state index in [0.29, 0.717) is 42.2 Å². The molecule has 0 aliphatic carbocycles. The van der Waals surface area contributed by atoms with Gasteiger partial charge in [0, 0.05) is 23.4 Å². The summed E-state index contributed by atoms with van der Waals surface area (Å²) in [5.41, 5.74) is 8.59. The summed E-state index contributed by atoms with van der Waals surface area (Å²) in [7, 11) is 1.52. The Morgan fingerprint density at radius 1 is 1.12 bits per heavy atom. The van der Waals surface area contributed by atoms with E-state index in [1.54, 1.807) is 30.3 Å². The van der Waals surface area contributed by atoms with Gasteiger partial charge in [0.05, 0.1) is 13.7 Å². The molecular weight excluding hydrogens is 332 g/mol. The monoisotopic (exact) mass is 356 g/mol. The molecule has 26 heavy (non-hydrogen) atoms. The molecule has 6 nitrogen and oxygen atoms in total. The average Bonchev–Trinajstić information content (AvgIpc) is 2.61. The van der Waals surface area contributed by atoms with E-state index in [1.807, 2.05) is 13.0 Å². The van der Waals surface area contributed by atoms with Crippen LogP contribution in [0.3, 0.4) is 0 Å². The summed E-state index contributed by atoms with van der Waals surface area (Å²) < 4.78 is 10.9. The molecule has 0 bridgehead atoms. The molecule has 138 valence electrons. The number of hydrogen-bond donors (Lipinski definition) is 2. The summed E-state index contributed by atoms with van der Waals surface area (Å²) in [6, 6.07) is 10.4. The number of Topliss-reactive ketones (excluding diaryl/α,β-unsaturated/α-hetero) is 1. The number of ether oxygens (including phenoxy) is 2. The van der Waals surface area contributed by atoms with Gasteiger partial charge in [-0.15, -0.1) is 0 Å². The Bertz CT molecular complexity index is 802. The first-order chi connectivity index (χ1) is 12.4. The number of anilines is 2. The second-order valence-corrected chi connectivity index (χ2v) is 6.00. The number of methoxy groups -OCH3 is 1. The first kappa shape index (κ1) is 19.3. The van der Waals surface area contributed by atoms with Crippen LogP contribution in [0.15, 0.2) is 36.4 Å². The van der Waals surface area contributed by atoms with E-state index >= 15 is 0 Å². The fourth-order valence-corrected chi connectivity index (χ4v) is 2.41. The van der Waals surface area contributed by atoms with Gasteiger partial charge in [-0.25, -0.2) is 0 Å². The van der Waals surface area contributed by atoms with Crippen LogP contribution in [0.25, 0.3) is 0 Å². The van der Waals surface area contributed by atoms with Crippen LogP contribution < -0.4 is 20.5 Å². The summed E-state index contributed by atoms with van der Waals surface area (Å²) in [4.78, 5) is 23.5. The van der Waals surface area contributed by atoms with Crippen molar-refractivity contribution in [3.8, 4) is 11.5 Å². The van der Waals surface area contributed by atoms with Crippen molar-refractivity contribution in [1.82, 2.24) is 0 Å². The van der Waals surface area contributed by atoms with Gasteiger partial charge in [-0.05, 0) is 56.2 Å². The van der Waals surface area contributed by atoms with E-state index in [9.17, 15) is 9.59 Å². The molecule has 2 rings (SSSR count). The van der Waals surface area contributed by atoms with E-state index < -0.39 is 0 Å². The predicted molar refractivity (Wildman–Crippen MR) is 102 cm³/mol. The smallest absolute Gasteiger partial charge is 0.224 e. The lowest BCUT2D eigenvalue weighted by Crippen LogP contribution is -2.14. The minimum absolute atomic E-state index is 0.0386. The van der Waals surface area contributed by atoms with Crippen molar-refractivity contribution in [2.24, 2.45) is 0 Å². The van der Waals surface area contributed by atoms with Crippen LogP contribution in [0.5, 0.6) is 11.5 Å². The van der Waals surface area contributed by atoms with Crippen molar-refractivity contribution in [3.05, 3.63) is 47.5 Å². The third-order valence-corrected chi connectivity index (χ3v) is 3.91. The van der Waals surface area contributed by atoms with Gasteiger partial charge in [-0.3, -0.25) is 9.59 Å². The van der Waals surface area contributed by atoms with E-state index in [0.717, 1.165) is 11.3 Å². The van der Waals surface area contributed by atoms with Crippen LogP contribution in [0.4, 0.5) is 11.4 Å². The predicted octanol–water partition coefficient (Wildman–Crippen LogP) is 3.59. The highest BCUT2D eigenvalue weighted by Crippen LogP contribution is 2.28. The van der Waals surface area contributed by atoms with Crippen LogP contribution in [0.1, 0.15) is 35.7 Å². The van der Waals surface area contributed by atoms with Crippen LogP contribution in [-0.2, 0) is 4.79 Å². The summed E-state index contributed by atoms with van der Waals surface area (Å²) in [5, 5.41) is 2.86. The number of carbonyl (C=O) groups is 2. The second-order valence-electron chi connectivity index (χ2n) is 6.00. The van der Waals surface area contributed by atoms with Gasteiger partial charge in [-0.1, -0.05) is 6.07 Å². The van der Waals surface area contributed by atoms with Crippen LogP contribution in [0.2, 0.25) is 0 Å². The minimum Gasteiger partial charge on any atom is -0.493 e. The topological polar surface area (TPSA) is 90.6 Å². The largest absolute Gasteiger partial charge is 0.493 e. The zero-order valence-corrected chi connectivity index (χ0v) is 15.3. The maximum Gasteiger partial charge on any atom is 0.224 e. The molecular formula is C20H24N2O4. The van der Waals surface area contributed by atoms with Crippen LogP contribution in [-0.4, -0.2) is 25.4 Å². The highest BCUT2D eigenvalue weighted by atomic mass is 16.5. The van der Waals surface area contributed by atoms with Gasteiger partial charge in [0.1, 0.15) is 0 Å². The number of aryl methyl sites for hydroxylation is 1. The molecule has 0 aromatic heterocycles. The third-order valence-electron chi connectivity index (χ3n) is 3.91. The van der Waals surface area contributed by atoms with Gasteiger partial charge in [0.15, 0.2) is 17.3 Å². The number of benzene rings is 2. The molecule has 0 aliphatic heterocycles. The number of nitrogens with one attached hydrogen (secondary N) is 1. The molecule has 0 saturated carbocycles. The molecule has 3 N–H and O–H groups in total. The molecule has 2 aromatic rings. The standard InChI is InChI=1S/C20H24N2O4/c1-13-6-8-16(21)12-17(13)22-20(24)5-4-10-26-18-9-7-15(14(2)23)11-19(18)25-3/h6-9,11-12H,4-5,10,21H2,1-3H3,(H,22,24). The number of carbonyl (C=O) groups excluding carboxylic acids is 2. The van der Waals surface area contributed by atoms with Gasteiger partial charge in [0.25, 0.3) is 0 Å². The molecule has 0 unspecified atom stereocenters. The number of rotatable bonds is 8. The zero-order chi connectivity index (χ0) is 19.1. The molecule has 0 fully saturated rings. The molecule has 6 heteroatoms. The number of nitrogens with two attached hydrogens (primary N) is 1. The number of hydrogen-bond acceptors (Lipinski definition) is 5. The van der Waals surface area contributed by atoms with Crippen LogP contribution in [0, 0.1) is 6.92 Å². The van der Waals surface area contributed by atoms with Crippen molar-refractivity contribution < 1.29 is 19.1 Å². The zero-order valence-electron chi connectivity index (χ0n) is 15.3. The molecule has 1 amide bonds. The Morgan fingerprint density at radius 2 is 1.88 bits per heavy atom. The lowest BCUT2D eigenvalue weighted by atomic mass is 10.1. The fourth-order valence-electron chi connectivity index (χ4n) is 2.41. The number of ketones is 1. The summed E-state index contributed by atoms with van der Waals surface area (Å²) in [6.07, 6.45) is 0.868. The van der Waals surface area contributed by atoms with Crippen molar-refractivity contribution >= 4 is 23.1 Å². The summed E-state index contributed by atoms with van der Waals surface area (Å²) in [6.45, 7) is 3.77. The van der Waals surface area contributed by atoms with Crippen molar-refractivity contribution in [3.63, 3.8) is 0 Å². The highest BCUT2D eigenvalue weighted by Gasteiger charge is 2.09. The quantitative estimate of drug-likeness (QED) is 0.428. The lowest BCUT2D eigenvalue weighted by Gasteiger charge is -2.12. The Labute approximate surface area is 153 Å². The van der Waals surface area contributed by atoms with E-state index in [1.165, 1.54) is 14.0 Å². The van der Waals surface area contributed by atoms with Gasteiger partial charge in [0.2, 0.25) is 5.91 Å². The van der Waals surface area contributed by atoms with Crippen molar-refractivity contribution in [1.29, 1.82) is 0 Å². The molecule has 0 atom stereocenters. The minimum atomic E-state index is -0.0961. The fraction of sp³-hybridized carbons (Fsp3) is 0.300. The second kappa shape index (κ2) is 8.89. The Balaban J connectivity index is 1.84. The van der Waals surface area contributed by atoms with Crippen LogP contribution >= 0.6 is 0 Å². The molecule has 0 radical (unpaired) electrons. The molecule has 0 heterocycles. The Morgan fingerprint density at radius 3 is 2.58 bits per heavy atom. The van der Waals surface area contributed by atoms with Gasteiger partial charge in [-0.2, -0.15) is 0 Å². The Kier molecular flexibility index (Phi) is 6.60. The number of nitrogen functional groups attached to an aromatic ring is 1. The van der Waals surface area contributed by atoms with Gasteiger partial charge >= 0.3 is 0 Å². The SMILES string of the molecule is COc1cc(C(C)=O)ccc1OCCCC(=O)Nc1cc(N)ccc1C. The van der Waals surface area contributed by atoms with Crippen molar-refractivity contribution in [2.45, 2.75) is 26.7 Å². The molecule has 2 aromatic carbocycles. The molecule has 0 saturated heterocycles. The normalized spacial score (nSPS) is 10.3. The lowest BCUT2D eigenvalue weighted by molar-refractivity contribution is -0.116. The molecule has 0 spiro atoms. The van der Waals surface area contributed by atoms with E-state index in [4.69, 9.17) is 15.2 Å². The Hall–Kier alpha value is -3.02. The first-order valence-electron chi connectivity index (χ1n) is 8.38. The van der Waals surface area contributed by atoms with E-state index in [-0.39, 0.29) is 11.7 Å². The van der Waals surface area contributed by atoms with E-state index in [2.05, 4.69) is 5.32 Å². The highest BCUT2D eigenvalue weighted by molar-refractivity contribution is 5.94. The maximum absolute atomic E-state index is 12.1. The summed E-state index contributed by atoms with van der Waals surface area (Å²) >= 11 is 0. The third kappa shape index (κ3) is 5.24. The number of amides is 1. The maximum atomic E-state index is 12.1. The molecule has 0 aliphatic rings. The average molecular weight is 356 g/mol. The van der Waals surface area contributed by atoms with Crippen molar-refractivity contribution in [2.75, 3.05) is 24.8 Å².